The molecule has 0 saturated carbocycles. The quantitative estimate of drug-likeness (QED) is 0.779. The van der Waals surface area contributed by atoms with Gasteiger partial charge in [-0.15, -0.1) is 0 Å². The van der Waals surface area contributed by atoms with Crippen molar-refractivity contribution in [3.63, 3.8) is 0 Å². The van der Waals surface area contributed by atoms with Crippen LogP contribution in [0.5, 0.6) is 0 Å². The van der Waals surface area contributed by atoms with Crippen LogP contribution in [0.15, 0.2) is 60.9 Å². The van der Waals surface area contributed by atoms with Gasteiger partial charge in [-0.05, 0) is 17.7 Å². The Balaban J connectivity index is 2.18. The van der Waals surface area contributed by atoms with E-state index in [0.29, 0.717) is 0 Å². The van der Waals surface area contributed by atoms with Crippen molar-refractivity contribution < 1.29 is 9.90 Å². The molecule has 4 heteroatoms. The average molecular weight is 252 g/mol. The van der Waals surface area contributed by atoms with Gasteiger partial charge in [-0.2, -0.15) is 0 Å². The molecule has 0 aliphatic carbocycles. The first-order valence-electron chi connectivity index (χ1n) is 5.96. The Morgan fingerprint density at radius 2 is 1.74 bits per heavy atom. The molecule has 1 aromatic heterocycles. The van der Waals surface area contributed by atoms with Gasteiger partial charge in [0.05, 0.1) is 17.4 Å². The summed E-state index contributed by atoms with van der Waals surface area (Å²) in [7, 11) is 0. The minimum absolute atomic E-state index is 0.734. The summed E-state index contributed by atoms with van der Waals surface area (Å²) in [6, 6.07) is 15.9. The van der Waals surface area contributed by atoms with Crippen LogP contribution in [0.2, 0.25) is 0 Å². The van der Waals surface area contributed by atoms with Crippen LogP contribution in [-0.4, -0.2) is 20.6 Å². The van der Waals surface area contributed by atoms with Crippen molar-refractivity contribution in [2.75, 3.05) is 0 Å². The standard InChI is InChI=1S/C15H12N2O2/c18-15(19)14(11-6-2-1-3-7-11)17-10-16-12-8-4-5-9-13(12)17/h1-10,14H,(H,18,19). The molecule has 2 aromatic carbocycles. The van der Waals surface area contributed by atoms with Crippen molar-refractivity contribution >= 4 is 17.0 Å². The summed E-state index contributed by atoms with van der Waals surface area (Å²) in [5, 5.41) is 9.51. The van der Waals surface area contributed by atoms with E-state index in [1.807, 2.05) is 54.6 Å². The lowest BCUT2D eigenvalue weighted by Crippen LogP contribution is -2.19. The molecule has 1 atom stereocenters. The number of benzene rings is 2. The van der Waals surface area contributed by atoms with Crippen LogP contribution in [0.1, 0.15) is 11.6 Å². The third-order valence-corrected chi connectivity index (χ3v) is 3.11. The SMILES string of the molecule is O=C(O)C(c1ccccc1)n1cnc2ccccc21. The fraction of sp³-hybridized carbons (Fsp3) is 0.0667. The van der Waals surface area contributed by atoms with Crippen LogP contribution in [-0.2, 0) is 4.79 Å². The van der Waals surface area contributed by atoms with Crippen molar-refractivity contribution in [1.29, 1.82) is 0 Å². The maximum atomic E-state index is 11.6. The Bertz CT molecular complexity index is 719. The lowest BCUT2D eigenvalue weighted by Gasteiger charge is -2.15. The fourth-order valence-electron chi connectivity index (χ4n) is 2.24. The van der Waals surface area contributed by atoms with E-state index in [1.54, 1.807) is 10.9 Å². The van der Waals surface area contributed by atoms with E-state index in [1.165, 1.54) is 0 Å². The molecule has 0 amide bonds. The van der Waals surface area contributed by atoms with E-state index in [2.05, 4.69) is 4.98 Å². The number of para-hydroxylation sites is 2. The number of carboxylic acid groups (broad SMARTS) is 1. The number of aliphatic carboxylic acids is 1. The third-order valence-electron chi connectivity index (χ3n) is 3.11. The molecular weight excluding hydrogens is 240 g/mol. The Morgan fingerprint density at radius 3 is 2.47 bits per heavy atom. The number of hydrogen-bond acceptors (Lipinski definition) is 2. The van der Waals surface area contributed by atoms with Crippen molar-refractivity contribution in [3.8, 4) is 0 Å². The molecule has 0 bridgehead atoms. The molecule has 0 aliphatic heterocycles. The van der Waals surface area contributed by atoms with Gasteiger partial charge in [0.25, 0.3) is 0 Å². The Labute approximate surface area is 109 Å². The van der Waals surface area contributed by atoms with E-state index in [0.717, 1.165) is 16.6 Å². The molecule has 0 aliphatic rings. The van der Waals surface area contributed by atoms with E-state index in [-0.39, 0.29) is 0 Å². The van der Waals surface area contributed by atoms with Gasteiger partial charge in [-0.1, -0.05) is 42.5 Å². The van der Waals surface area contributed by atoms with E-state index in [9.17, 15) is 9.90 Å². The smallest absolute Gasteiger partial charge is 0.331 e. The molecule has 3 aromatic rings. The summed E-state index contributed by atoms with van der Waals surface area (Å²) in [4.78, 5) is 15.8. The minimum Gasteiger partial charge on any atom is -0.479 e. The van der Waals surface area contributed by atoms with Crippen LogP contribution >= 0.6 is 0 Å². The topological polar surface area (TPSA) is 55.1 Å². The molecule has 0 radical (unpaired) electrons. The highest BCUT2D eigenvalue weighted by Crippen LogP contribution is 2.23. The van der Waals surface area contributed by atoms with Crippen molar-refractivity contribution in [2.24, 2.45) is 0 Å². The van der Waals surface area contributed by atoms with Crippen LogP contribution in [0, 0.1) is 0 Å². The summed E-state index contributed by atoms with van der Waals surface area (Å²) in [6.07, 6.45) is 1.58. The van der Waals surface area contributed by atoms with Crippen molar-refractivity contribution in [3.05, 3.63) is 66.5 Å². The molecular formula is C15H12N2O2. The van der Waals surface area contributed by atoms with E-state index < -0.39 is 12.0 Å². The Hall–Kier alpha value is -2.62. The first-order valence-corrected chi connectivity index (χ1v) is 5.96. The fourth-order valence-corrected chi connectivity index (χ4v) is 2.24. The predicted molar refractivity (Wildman–Crippen MR) is 71.9 cm³/mol. The Morgan fingerprint density at radius 1 is 1.05 bits per heavy atom. The summed E-state index contributed by atoms with van der Waals surface area (Å²) >= 11 is 0. The maximum absolute atomic E-state index is 11.6. The van der Waals surface area contributed by atoms with Crippen LogP contribution in [0.3, 0.4) is 0 Å². The van der Waals surface area contributed by atoms with Gasteiger partial charge in [0.15, 0.2) is 6.04 Å². The predicted octanol–water partition coefficient (Wildman–Crippen LogP) is 2.71. The number of fused-ring (bicyclic) bond motifs is 1. The monoisotopic (exact) mass is 252 g/mol. The van der Waals surface area contributed by atoms with Gasteiger partial charge < -0.3 is 9.67 Å². The second-order valence-electron chi connectivity index (χ2n) is 4.29. The van der Waals surface area contributed by atoms with Crippen molar-refractivity contribution in [1.82, 2.24) is 9.55 Å². The normalized spacial score (nSPS) is 12.4. The molecule has 4 nitrogen and oxygen atoms in total. The lowest BCUT2D eigenvalue weighted by atomic mass is 10.1. The van der Waals surface area contributed by atoms with Crippen LogP contribution < -0.4 is 0 Å². The molecule has 0 saturated heterocycles. The molecule has 19 heavy (non-hydrogen) atoms. The summed E-state index contributed by atoms with van der Waals surface area (Å²) in [5.74, 6) is -0.894. The summed E-state index contributed by atoms with van der Waals surface area (Å²) in [6.45, 7) is 0. The molecule has 1 heterocycles. The summed E-state index contributed by atoms with van der Waals surface area (Å²) < 4.78 is 1.69. The highest BCUT2D eigenvalue weighted by atomic mass is 16.4. The first-order chi connectivity index (χ1) is 9.27. The van der Waals surface area contributed by atoms with Gasteiger partial charge in [-0.25, -0.2) is 9.78 Å². The average Bonchev–Trinajstić information content (AvgIpc) is 2.84. The molecule has 1 unspecified atom stereocenters. The maximum Gasteiger partial charge on any atom is 0.331 e. The highest BCUT2D eigenvalue weighted by Gasteiger charge is 2.23. The molecule has 0 fully saturated rings. The second kappa shape index (κ2) is 4.57. The third kappa shape index (κ3) is 1.97. The molecule has 0 spiro atoms. The summed E-state index contributed by atoms with van der Waals surface area (Å²) in [5.41, 5.74) is 2.35. The number of carboxylic acids is 1. The number of imidazole rings is 1. The molecule has 3 rings (SSSR count). The largest absolute Gasteiger partial charge is 0.479 e. The highest BCUT2D eigenvalue weighted by molar-refractivity contribution is 5.81. The zero-order valence-electron chi connectivity index (χ0n) is 10.1. The van der Waals surface area contributed by atoms with Gasteiger partial charge in [0.1, 0.15) is 0 Å². The zero-order valence-corrected chi connectivity index (χ0v) is 10.1. The van der Waals surface area contributed by atoms with E-state index >= 15 is 0 Å². The van der Waals surface area contributed by atoms with Gasteiger partial charge in [0, 0.05) is 0 Å². The number of carbonyl (C=O) groups is 1. The van der Waals surface area contributed by atoms with Gasteiger partial charge in [0.2, 0.25) is 0 Å². The van der Waals surface area contributed by atoms with Crippen LogP contribution in [0.4, 0.5) is 0 Å². The number of hydrogen-bond donors (Lipinski definition) is 1. The molecule has 94 valence electrons. The number of rotatable bonds is 3. The molecule has 1 N–H and O–H groups in total. The Kier molecular flexibility index (Phi) is 2.76. The number of nitrogens with zero attached hydrogens (tertiary/aromatic N) is 2. The van der Waals surface area contributed by atoms with Crippen molar-refractivity contribution in [2.45, 2.75) is 6.04 Å². The number of aromatic nitrogens is 2. The van der Waals surface area contributed by atoms with Gasteiger partial charge >= 0.3 is 5.97 Å². The van der Waals surface area contributed by atoms with Gasteiger partial charge in [-0.3, -0.25) is 0 Å². The second-order valence-corrected chi connectivity index (χ2v) is 4.29. The first kappa shape index (κ1) is 11.5. The zero-order chi connectivity index (χ0) is 13.2. The van der Waals surface area contributed by atoms with E-state index in [4.69, 9.17) is 0 Å². The van der Waals surface area contributed by atoms with Crippen LogP contribution in [0.25, 0.3) is 11.0 Å². The minimum atomic E-state index is -0.894. The lowest BCUT2D eigenvalue weighted by molar-refractivity contribution is -0.139.